The number of aromatic nitrogens is 2. The number of carbonyl (C=O) groups is 2. The first kappa shape index (κ1) is 17.3. The van der Waals surface area contributed by atoms with E-state index in [0.717, 1.165) is 0 Å². The average molecular weight is 321 g/mol. The molecule has 128 valence electrons. The maximum Gasteiger partial charge on any atom is 0.322 e. The fourth-order valence-corrected chi connectivity index (χ4v) is 2.47. The fraction of sp³-hybridized carbons (Fsp3) is 0.688. The van der Waals surface area contributed by atoms with E-state index >= 15 is 0 Å². The van der Waals surface area contributed by atoms with Gasteiger partial charge in [-0.3, -0.25) is 9.48 Å². The van der Waals surface area contributed by atoms with E-state index in [9.17, 15) is 9.59 Å². The number of piperazine rings is 1. The van der Waals surface area contributed by atoms with E-state index in [1.807, 2.05) is 45.7 Å². The predicted molar refractivity (Wildman–Crippen MR) is 89.2 cm³/mol. The van der Waals surface area contributed by atoms with E-state index in [-0.39, 0.29) is 23.4 Å². The maximum atomic E-state index is 12.3. The van der Waals surface area contributed by atoms with Crippen LogP contribution in [0.3, 0.4) is 0 Å². The second-order valence-corrected chi connectivity index (χ2v) is 7.26. The van der Waals surface area contributed by atoms with Crippen molar-refractivity contribution in [1.29, 1.82) is 0 Å². The van der Waals surface area contributed by atoms with Gasteiger partial charge in [-0.05, 0) is 13.8 Å². The van der Waals surface area contributed by atoms with Crippen LogP contribution in [0.5, 0.6) is 0 Å². The van der Waals surface area contributed by atoms with E-state index in [0.29, 0.717) is 31.9 Å². The lowest BCUT2D eigenvalue weighted by molar-refractivity contribution is -0.140. The monoisotopic (exact) mass is 321 g/mol. The second-order valence-electron chi connectivity index (χ2n) is 7.26. The molecule has 3 amide bonds. The highest BCUT2D eigenvalue weighted by molar-refractivity contribution is 5.89. The van der Waals surface area contributed by atoms with Crippen molar-refractivity contribution in [3.05, 3.63) is 12.4 Å². The number of nitrogens with zero attached hydrogens (tertiary/aromatic N) is 4. The molecule has 0 atom stereocenters. The Morgan fingerprint density at radius 3 is 2.17 bits per heavy atom. The Balaban J connectivity index is 1.87. The number of rotatable bonds is 2. The first-order chi connectivity index (χ1) is 10.7. The van der Waals surface area contributed by atoms with Crippen LogP contribution in [0.1, 0.15) is 40.7 Å². The molecule has 0 aromatic carbocycles. The molecule has 2 rings (SSSR count). The van der Waals surface area contributed by atoms with Gasteiger partial charge in [0.2, 0.25) is 5.91 Å². The average Bonchev–Trinajstić information content (AvgIpc) is 2.94. The Morgan fingerprint density at radius 1 is 1.13 bits per heavy atom. The summed E-state index contributed by atoms with van der Waals surface area (Å²) in [5.41, 5.74) is 0.312. The van der Waals surface area contributed by atoms with Crippen LogP contribution in [0, 0.1) is 5.41 Å². The molecule has 0 unspecified atom stereocenters. The number of nitrogens with one attached hydrogen (secondary N) is 1. The summed E-state index contributed by atoms with van der Waals surface area (Å²) in [6.45, 7) is 12.1. The quantitative estimate of drug-likeness (QED) is 0.907. The van der Waals surface area contributed by atoms with Crippen LogP contribution in [-0.4, -0.2) is 57.7 Å². The van der Waals surface area contributed by atoms with Crippen LogP contribution in [0.15, 0.2) is 12.4 Å². The van der Waals surface area contributed by atoms with Gasteiger partial charge < -0.3 is 15.1 Å². The van der Waals surface area contributed by atoms with Crippen LogP contribution in [-0.2, 0) is 4.79 Å². The molecule has 23 heavy (non-hydrogen) atoms. The number of urea groups is 1. The summed E-state index contributed by atoms with van der Waals surface area (Å²) in [7, 11) is 0. The van der Waals surface area contributed by atoms with E-state index < -0.39 is 0 Å². The summed E-state index contributed by atoms with van der Waals surface area (Å²) < 4.78 is 1.80. The van der Waals surface area contributed by atoms with Gasteiger partial charge >= 0.3 is 6.03 Å². The first-order valence-corrected chi connectivity index (χ1v) is 8.08. The van der Waals surface area contributed by atoms with Crippen molar-refractivity contribution in [2.75, 3.05) is 31.5 Å². The summed E-state index contributed by atoms with van der Waals surface area (Å²) in [6.07, 6.45) is 3.47. The van der Waals surface area contributed by atoms with Gasteiger partial charge in [0.25, 0.3) is 0 Å². The highest BCUT2D eigenvalue weighted by Gasteiger charge is 2.30. The molecule has 1 saturated heterocycles. The molecule has 7 heteroatoms. The Morgan fingerprint density at radius 2 is 1.70 bits per heavy atom. The normalized spacial score (nSPS) is 15.9. The summed E-state index contributed by atoms with van der Waals surface area (Å²) in [5.74, 6) is 0.135. The van der Waals surface area contributed by atoms with Gasteiger partial charge in [-0.1, -0.05) is 20.8 Å². The van der Waals surface area contributed by atoms with E-state index in [4.69, 9.17) is 0 Å². The van der Waals surface area contributed by atoms with Gasteiger partial charge in [0, 0.05) is 43.8 Å². The van der Waals surface area contributed by atoms with Crippen molar-refractivity contribution < 1.29 is 9.59 Å². The van der Waals surface area contributed by atoms with E-state index in [2.05, 4.69) is 10.4 Å². The molecule has 1 aromatic rings. The minimum absolute atomic E-state index is 0.135. The van der Waals surface area contributed by atoms with Crippen LogP contribution in [0.4, 0.5) is 10.5 Å². The molecular formula is C16H27N5O2. The highest BCUT2D eigenvalue weighted by atomic mass is 16.2. The third kappa shape index (κ3) is 4.24. The Hall–Kier alpha value is -2.05. The van der Waals surface area contributed by atoms with Crippen molar-refractivity contribution in [3.63, 3.8) is 0 Å². The Labute approximate surface area is 137 Å². The zero-order valence-corrected chi connectivity index (χ0v) is 14.7. The maximum absolute atomic E-state index is 12.3. The molecule has 1 aromatic heterocycles. The van der Waals surface area contributed by atoms with Gasteiger partial charge in [0.15, 0.2) is 0 Å². The van der Waals surface area contributed by atoms with Crippen LogP contribution in [0.25, 0.3) is 0 Å². The third-order valence-electron chi connectivity index (χ3n) is 3.88. The molecule has 2 heterocycles. The predicted octanol–water partition coefficient (Wildman–Crippen LogP) is 2.19. The molecule has 0 radical (unpaired) electrons. The molecule has 1 N–H and O–H groups in total. The van der Waals surface area contributed by atoms with Crippen LogP contribution in [0.2, 0.25) is 0 Å². The van der Waals surface area contributed by atoms with Gasteiger partial charge in [-0.25, -0.2) is 4.79 Å². The largest absolute Gasteiger partial charge is 0.339 e. The smallest absolute Gasteiger partial charge is 0.322 e. The Kier molecular flexibility index (Phi) is 4.97. The van der Waals surface area contributed by atoms with Crippen molar-refractivity contribution in [2.45, 2.75) is 40.7 Å². The van der Waals surface area contributed by atoms with Gasteiger partial charge in [0.05, 0.1) is 11.9 Å². The summed E-state index contributed by atoms with van der Waals surface area (Å²) >= 11 is 0. The van der Waals surface area contributed by atoms with Crippen molar-refractivity contribution in [1.82, 2.24) is 19.6 Å². The number of anilines is 1. The van der Waals surface area contributed by atoms with Crippen LogP contribution >= 0.6 is 0 Å². The minimum atomic E-state index is -0.379. The fourth-order valence-electron chi connectivity index (χ4n) is 2.47. The summed E-state index contributed by atoms with van der Waals surface area (Å²) in [5, 5.41) is 7.07. The van der Waals surface area contributed by atoms with Gasteiger partial charge in [0.1, 0.15) is 0 Å². The molecular weight excluding hydrogens is 294 g/mol. The number of hydrogen-bond donors (Lipinski definition) is 1. The summed E-state index contributed by atoms with van der Waals surface area (Å²) in [6, 6.07) is 0.115. The second kappa shape index (κ2) is 6.60. The van der Waals surface area contributed by atoms with Gasteiger partial charge in [-0.15, -0.1) is 0 Å². The van der Waals surface area contributed by atoms with E-state index in [1.54, 1.807) is 15.8 Å². The lowest BCUT2D eigenvalue weighted by atomic mass is 9.94. The zero-order chi connectivity index (χ0) is 17.2. The minimum Gasteiger partial charge on any atom is -0.339 e. The van der Waals surface area contributed by atoms with Gasteiger partial charge in [-0.2, -0.15) is 5.10 Å². The lowest BCUT2D eigenvalue weighted by Crippen LogP contribution is -2.53. The SMILES string of the molecule is CC(C)n1cc(NC(=O)N2CCN(C(=O)C(C)(C)C)CC2)cn1. The topological polar surface area (TPSA) is 70.5 Å². The molecule has 0 aliphatic carbocycles. The molecule has 1 aliphatic rings. The number of amides is 3. The van der Waals surface area contributed by atoms with Crippen molar-refractivity contribution in [3.8, 4) is 0 Å². The molecule has 0 spiro atoms. The first-order valence-electron chi connectivity index (χ1n) is 8.08. The summed E-state index contributed by atoms with van der Waals surface area (Å²) in [4.78, 5) is 28.1. The van der Waals surface area contributed by atoms with Crippen molar-refractivity contribution >= 4 is 17.6 Å². The third-order valence-corrected chi connectivity index (χ3v) is 3.88. The molecule has 1 fully saturated rings. The van der Waals surface area contributed by atoms with Crippen molar-refractivity contribution in [2.24, 2.45) is 5.41 Å². The zero-order valence-electron chi connectivity index (χ0n) is 14.7. The Bertz CT molecular complexity index is 565. The molecule has 0 saturated carbocycles. The molecule has 7 nitrogen and oxygen atoms in total. The number of hydrogen-bond acceptors (Lipinski definition) is 3. The van der Waals surface area contributed by atoms with E-state index in [1.165, 1.54) is 0 Å². The highest BCUT2D eigenvalue weighted by Crippen LogP contribution is 2.19. The molecule has 1 aliphatic heterocycles. The van der Waals surface area contributed by atoms with Crippen LogP contribution < -0.4 is 5.32 Å². The lowest BCUT2D eigenvalue weighted by Gasteiger charge is -2.37. The standard InChI is InChI=1S/C16H27N5O2/c1-12(2)21-11-13(10-17-21)18-15(23)20-8-6-19(7-9-20)14(22)16(3,4)5/h10-12H,6-9H2,1-5H3,(H,18,23). The molecule has 0 bridgehead atoms. The number of carbonyl (C=O) groups excluding carboxylic acids is 2.